The van der Waals surface area contributed by atoms with Gasteiger partial charge in [-0.25, -0.2) is 4.79 Å². The van der Waals surface area contributed by atoms with Crippen molar-refractivity contribution >= 4 is 17.8 Å². The molecule has 0 bridgehead atoms. The number of hydrogen-bond acceptors (Lipinski definition) is 5. The second-order valence-corrected chi connectivity index (χ2v) is 7.08. The molecule has 1 fully saturated rings. The van der Waals surface area contributed by atoms with Crippen LogP contribution in [0.5, 0.6) is 0 Å². The molecule has 7 nitrogen and oxygen atoms in total. The van der Waals surface area contributed by atoms with Crippen molar-refractivity contribution in [2.45, 2.75) is 31.4 Å². The first kappa shape index (κ1) is 21.5. The fourth-order valence-electron chi connectivity index (χ4n) is 3.09. The van der Waals surface area contributed by atoms with Crippen molar-refractivity contribution in [3.63, 3.8) is 0 Å². The largest absolute Gasteiger partial charge is 0.463 e. The number of benzene rings is 2. The molecule has 0 aliphatic carbocycles. The van der Waals surface area contributed by atoms with Gasteiger partial charge in [-0.3, -0.25) is 9.59 Å². The molecule has 2 atom stereocenters. The fraction of sp³-hybridized carbons (Fsp3) is 0.348. The molecular formula is C23H26N2O5. The molecule has 2 aromatic carbocycles. The van der Waals surface area contributed by atoms with E-state index in [2.05, 4.69) is 10.6 Å². The molecule has 2 N–H and O–H groups in total. The van der Waals surface area contributed by atoms with Crippen molar-refractivity contribution in [2.75, 3.05) is 19.8 Å². The van der Waals surface area contributed by atoms with Crippen LogP contribution < -0.4 is 10.6 Å². The number of carbonyl (C=O) groups is 3. The van der Waals surface area contributed by atoms with Gasteiger partial charge in [0.15, 0.2) is 0 Å². The van der Waals surface area contributed by atoms with Crippen LogP contribution in [0.4, 0.5) is 0 Å². The van der Waals surface area contributed by atoms with Gasteiger partial charge in [0.2, 0.25) is 5.91 Å². The Bertz CT molecular complexity index is 866. The summed E-state index contributed by atoms with van der Waals surface area (Å²) in [5.74, 6) is -1.70. The molecule has 1 aliphatic rings. The summed E-state index contributed by atoms with van der Waals surface area (Å²) in [7, 11) is 0. The van der Waals surface area contributed by atoms with Crippen molar-refractivity contribution in [1.82, 2.24) is 10.6 Å². The molecule has 0 saturated carbocycles. The highest BCUT2D eigenvalue weighted by molar-refractivity contribution is 6.10. The van der Waals surface area contributed by atoms with Gasteiger partial charge in [-0.2, -0.15) is 0 Å². The predicted molar refractivity (Wildman–Crippen MR) is 111 cm³/mol. The summed E-state index contributed by atoms with van der Waals surface area (Å²) >= 11 is 0. The van der Waals surface area contributed by atoms with E-state index in [0.717, 1.165) is 11.1 Å². The van der Waals surface area contributed by atoms with Crippen LogP contribution in [0.25, 0.3) is 0 Å². The number of epoxide rings is 1. The number of ether oxygens (including phenoxy) is 2. The van der Waals surface area contributed by atoms with Crippen LogP contribution in [0.15, 0.2) is 60.7 Å². The first-order valence-corrected chi connectivity index (χ1v) is 10.0. The summed E-state index contributed by atoms with van der Waals surface area (Å²) in [5, 5.41) is 5.55. The molecule has 2 amide bonds. The van der Waals surface area contributed by atoms with Crippen LogP contribution in [0.2, 0.25) is 0 Å². The number of hydrogen-bond donors (Lipinski definition) is 2. The number of rotatable bonds is 10. The van der Waals surface area contributed by atoms with Gasteiger partial charge in [0.1, 0.15) is 6.04 Å². The fourth-order valence-corrected chi connectivity index (χ4v) is 3.09. The monoisotopic (exact) mass is 410 g/mol. The van der Waals surface area contributed by atoms with Crippen molar-refractivity contribution in [1.29, 1.82) is 0 Å². The zero-order valence-electron chi connectivity index (χ0n) is 16.9. The molecule has 3 rings (SSSR count). The number of carbonyl (C=O) groups excluding carboxylic acids is 3. The van der Waals surface area contributed by atoms with Crippen LogP contribution in [0.1, 0.15) is 18.1 Å². The maximum Gasteiger partial charge on any atom is 0.350 e. The minimum absolute atomic E-state index is 0.0502. The van der Waals surface area contributed by atoms with E-state index in [-0.39, 0.29) is 19.1 Å². The van der Waals surface area contributed by atoms with Crippen molar-refractivity contribution in [3.05, 3.63) is 71.8 Å². The average Bonchev–Trinajstić information content (AvgIpc) is 3.57. The minimum Gasteiger partial charge on any atom is -0.463 e. The van der Waals surface area contributed by atoms with E-state index in [4.69, 9.17) is 9.47 Å². The molecule has 0 spiro atoms. The summed E-state index contributed by atoms with van der Waals surface area (Å²) in [5.41, 5.74) is 0.354. The van der Waals surface area contributed by atoms with Gasteiger partial charge in [-0.1, -0.05) is 60.7 Å². The first-order valence-electron chi connectivity index (χ1n) is 10.0. The Balaban J connectivity index is 1.64. The second-order valence-electron chi connectivity index (χ2n) is 7.08. The predicted octanol–water partition coefficient (Wildman–Crippen LogP) is 1.40. The SMILES string of the molecule is CCOC(=O)C1(C(=O)N[C@@H](Cc2ccccc2)C(=O)NCCc2ccccc2)CO1. The van der Waals surface area contributed by atoms with E-state index in [1.165, 1.54) is 0 Å². The van der Waals surface area contributed by atoms with E-state index in [1.807, 2.05) is 60.7 Å². The molecule has 30 heavy (non-hydrogen) atoms. The Labute approximate surface area is 175 Å². The van der Waals surface area contributed by atoms with Crippen molar-refractivity contribution in [3.8, 4) is 0 Å². The second kappa shape index (κ2) is 10.0. The van der Waals surface area contributed by atoms with Crippen LogP contribution in [0.3, 0.4) is 0 Å². The molecular weight excluding hydrogens is 384 g/mol. The van der Waals surface area contributed by atoms with Gasteiger partial charge >= 0.3 is 5.97 Å². The highest BCUT2D eigenvalue weighted by Crippen LogP contribution is 2.29. The Morgan fingerprint density at radius 3 is 2.20 bits per heavy atom. The third-order valence-corrected chi connectivity index (χ3v) is 4.87. The van der Waals surface area contributed by atoms with E-state index < -0.39 is 23.5 Å². The zero-order valence-corrected chi connectivity index (χ0v) is 16.9. The van der Waals surface area contributed by atoms with Crippen molar-refractivity contribution in [2.24, 2.45) is 0 Å². The van der Waals surface area contributed by atoms with Gasteiger partial charge in [0.05, 0.1) is 13.2 Å². The topological polar surface area (TPSA) is 97.0 Å². The molecule has 1 heterocycles. The maximum absolute atomic E-state index is 12.8. The van der Waals surface area contributed by atoms with E-state index >= 15 is 0 Å². The quantitative estimate of drug-likeness (QED) is 0.351. The van der Waals surface area contributed by atoms with Gasteiger partial charge in [-0.05, 0) is 24.5 Å². The summed E-state index contributed by atoms with van der Waals surface area (Å²) in [6, 6.07) is 18.3. The Morgan fingerprint density at radius 2 is 1.63 bits per heavy atom. The maximum atomic E-state index is 12.8. The molecule has 0 aromatic heterocycles. The highest BCUT2D eigenvalue weighted by atomic mass is 16.6. The van der Waals surface area contributed by atoms with Crippen LogP contribution >= 0.6 is 0 Å². The molecule has 2 aromatic rings. The third kappa shape index (κ3) is 5.45. The molecule has 158 valence electrons. The lowest BCUT2D eigenvalue weighted by atomic mass is 10.0. The standard InChI is InChI=1S/C23H26N2O5/c1-2-29-22(28)23(16-30-23)21(27)25-19(15-18-11-7-4-8-12-18)20(26)24-14-13-17-9-5-3-6-10-17/h3-12,19H,2,13-16H2,1H3,(H,24,26)(H,25,27)/t19-,23?/m0/s1. The van der Waals surface area contributed by atoms with Gasteiger partial charge < -0.3 is 20.1 Å². The van der Waals surface area contributed by atoms with Crippen LogP contribution in [0, 0.1) is 0 Å². The number of amides is 2. The lowest BCUT2D eigenvalue weighted by molar-refractivity contribution is -0.154. The Hall–Kier alpha value is -3.19. The van der Waals surface area contributed by atoms with E-state index in [1.54, 1.807) is 6.92 Å². The minimum atomic E-state index is -1.64. The van der Waals surface area contributed by atoms with E-state index in [9.17, 15) is 14.4 Å². The van der Waals surface area contributed by atoms with Crippen molar-refractivity contribution < 1.29 is 23.9 Å². The third-order valence-electron chi connectivity index (χ3n) is 4.87. The summed E-state index contributed by atoms with van der Waals surface area (Å²) < 4.78 is 10.1. The number of nitrogens with one attached hydrogen (secondary N) is 2. The van der Waals surface area contributed by atoms with Crippen LogP contribution in [-0.2, 0) is 36.7 Å². The molecule has 0 radical (unpaired) electrons. The molecule has 1 saturated heterocycles. The molecule has 1 unspecified atom stereocenters. The highest BCUT2D eigenvalue weighted by Gasteiger charge is 2.61. The summed E-state index contributed by atoms with van der Waals surface area (Å²) in [6.07, 6.45) is 0.969. The summed E-state index contributed by atoms with van der Waals surface area (Å²) in [6.45, 7) is 2.18. The Kier molecular flexibility index (Phi) is 7.19. The van der Waals surface area contributed by atoms with E-state index in [0.29, 0.717) is 19.4 Å². The van der Waals surface area contributed by atoms with Gasteiger partial charge in [-0.15, -0.1) is 0 Å². The molecule has 7 heteroatoms. The normalized spacial score (nSPS) is 18.2. The van der Waals surface area contributed by atoms with Gasteiger partial charge in [0, 0.05) is 13.0 Å². The smallest absolute Gasteiger partial charge is 0.350 e. The number of esters is 1. The first-order chi connectivity index (χ1) is 14.5. The Morgan fingerprint density at radius 1 is 1.03 bits per heavy atom. The lowest BCUT2D eigenvalue weighted by Gasteiger charge is -2.20. The lowest BCUT2D eigenvalue weighted by Crippen LogP contribution is -2.54. The van der Waals surface area contributed by atoms with Gasteiger partial charge in [0.25, 0.3) is 11.5 Å². The zero-order chi connectivity index (χ0) is 21.4. The molecule has 1 aliphatic heterocycles. The average molecular weight is 410 g/mol. The van der Waals surface area contributed by atoms with Crippen LogP contribution in [-0.4, -0.2) is 49.2 Å². The summed E-state index contributed by atoms with van der Waals surface area (Å²) in [4.78, 5) is 37.7.